The molecule has 0 amide bonds. The first-order valence-corrected chi connectivity index (χ1v) is 8.87. The number of halogens is 1. The summed E-state index contributed by atoms with van der Waals surface area (Å²) in [4.78, 5) is 28.7. The number of aromatic amines is 1. The molecule has 0 aliphatic rings. The summed E-state index contributed by atoms with van der Waals surface area (Å²) in [7, 11) is 1.78. The van der Waals surface area contributed by atoms with Crippen LogP contribution in [0, 0.1) is 0 Å². The average molecular weight is 415 g/mol. The van der Waals surface area contributed by atoms with E-state index >= 15 is 0 Å². The molecule has 0 bridgehead atoms. The Hall–Kier alpha value is -2.80. The monoisotopic (exact) mass is 414 g/mol. The van der Waals surface area contributed by atoms with Crippen LogP contribution in [0.4, 0.5) is 11.5 Å². The number of H-pyrrole nitrogens is 1. The lowest BCUT2D eigenvalue weighted by molar-refractivity contribution is 0.725. The molecule has 0 fully saturated rings. The van der Waals surface area contributed by atoms with Crippen LogP contribution in [0.3, 0.4) is 0 Å². The number of benzene rings is 2. The summed E-state index contributed by atoms with van der Waals surface area (Å²) >= 11 is 3.44. The number of nitrogens with two attached hydrogens (primary N) is 1. The second-order valence-electron chi connectivity index (χ2n) is 6.05. The zero-order chi connectivity index (χ0) is 18.7. The van der Waals surface area contributed by atoms with E-state index in [1.165, 1.54) is 4.57 Å². The van der Waals surface area contributed by atoms with E-state index in [2.05, 4.69) is 20.9 Å². The molecule has 1 aromatic heterocycles. The van der Waals surface area contributed by atoms with Gasteiger partial charge >= 0.3 is 5.69 Å². The molecule has 3 aromatic rings. The number of anilines is 2. The van der Waals surface area contributed by atoms with Crippen LogP contribution in [0.2, 0.25) is 0 Å². The van der Waals surface area contributed by atoms with Gasteiger partial charge < -0.3 is 10.6 Å². The van der Waals surface area contributed by atoms with Gasteiger partial charge in [-0.3, -0.25) is 14.3 Å². The van der Waals surface area contributed by atoms with Gasteiger partial charge in [0, 0.05) is 18.1 Å². The van der Waals surface area contributed by atoms with Crippen molar-refractivity contribution < 1.29 is 0 Å². The third kappa shape index (κ3) is 3.88. The van der Waals surface area contributed by atoms with E-state index in [0.29, 0.717) is 13.1 Å². The quantitative estimate of drug-likeness (QED) is 0.671. The highest BCUT2D eigenvalue weighted by Crippen LogP contribution is 2.20. The minimum Gasteiger partial charge on any atom is -0.383 e. The van der Waals surface area contributed by atoms with Crippen LogP contribution in [0.5, 0.6) is 0 Å². The zero-order valence-electron chi connectivity index (χ0n) is 14.3. The summed E-state index contributed by atoms with van der Waals surface area (Å²) in [5.41, 5.74) is 7.42. The van der Waals surface area contributed by atoms with E-state index in [0.717, 1.165) is 15.6 Å². The molecule has 1 heterocycles. The highest BCUT2D eigenvalue weighted by molar-refractivity contribution is 9.10. The van der Waals surface area contributed by atoms with Crippen molar-refractivity contribution in [3.63, 3.8) is 0 Å². The maximum atomic E-state index is 12.4. The SMILES string of the molecule is CN(Cc1cccc(Br)c1)c1c(N)n(Cc2ccccc2)c(=O)[nH]c1=O. The van der Waals surface area contributed by atoms with Gasteiger partial charge in [0.15, 0.2) is 0 Å². The Morgan fingerprint density at radius 2 is 1.77 bits per heavy atom. The Balaban J connectivity index is 1.97. The van der Waals surface area contributed by atoms with Crippen LogP contribution in [0.1, 0.15) is 11.1 Å². The first-order chi connectivity index (χ1) is 12.5. The molecule has 0 saturated carbocycles. The van der Waals surface area contributed by atoms with Crippen LogP contribution in [-0.2, 0) is 13.1 Å². The molecule has 0 aliphatic carbocycles. The van der Waals surface area contributed by atoms with Gasteiger partial charge in [0.1, 0.15) is 11.5 Å². The molecule has 26 heavy (non-hydrogen) atoms. The highest BCUT2D eigenvalue weighted by atomic mass is 79.9. The van der Waals surface area contributed by atoms with Gasteiger partial charge in [0.2, 0.25) is 0 Å². The fraction of sp³-hybridized carbons (Fsp3) is 0.158. The van der Waals surface area contributed by atoms with Crippen molar-refractivity contribution in [2.75, 3.05) is 17.7 Å². The van der Waals surface area contributed by atoms with E-state index in [1.54, 1.807) is 11.9 Å². The Labute approximate surface area is 159 Å². The average Bonchev–Trinajstić information content (AvgIpc) is 2.59. The highest BCUT2D eigenvalue weighted by Gasteiger charge is 2.16. The van der Waals surface area contributed by atoms with Gasteiger partial charge in [0.25, 0.3) is 5.56 Å². The number of hydrogen-bond acceptors (Lipinski definition) is 4. The van der Waals surface area contributed by atoms with Crippen molar-refractivity contribution in [2.24, 2.45) is 0 Å². The van der Waals surface area contributed by atoms with Crippen molar-refractivity contribution in [3.8, 4) is 0 Å². The smallest absolute Gasteiger partial charge is 0.330 e. The summed E-state index contributed by atoms with van der Waals surface area (Å²) in [5.74, 6) is 0.153. The largest absolute Gasteiger partial charge is 0.383 e. The van der Waals surface area contributed by atoms with Crippen molar-refractivity contribution in [1.29, 1.82) is 0 Å². The summed E-state index contributed by atoms with van der Waals surface area (Å²) < 4.78 is 2.34. The summed E-state index contributed by atoms with van der Waals surface area (Å²) in [6, 6.07) is 17.3. The number of nitrogens with zero attached hydrogens (tertiary/aromatic N) is 2. The molecule has 0 atom stereocenters. The van der Waals surface area contributed by atoms with Crippen molar-refractivity contribution in [3.05, 3.63) is 91.0 Å². The number of nitrogens with one attached hydrogen (secondary N) is 1. The fourth-order valence-corrected chi connectivity index (χ4v) is 3.30. The second kappa shape index (κ2) is 7.61. The normalized spacial score (nSPS) is 10.7. The predicted octanol–water partition coefficient (Wildman–Crippen LogP) is 2.57. The molecule has 3 N–H and O–H groups in total. The number of hydrogen-bond donors (Lipinski definition) is 2. The molecular weight excluding hydrogens is 396 g/mol. The van der Waals surface area contributed by atoms with Crippen LogP contribution >= 0.6 is 15.9 Å². The Kier molecular flexibility index (Phi) is 5.27. The fourth-order valence-electron chi connectivity index (χ4n) is 2.86. The van der Waals surface area contributed by atoms with Gasteiger partial charge in [-0.25, -0.2) is 4.79 Å². The first-order valence-electron chi connectivity index (χ1n) is 8.08. The van der Waals surface area contributed by atoms with Gasteiger partial charge in [-0.1, -0.05) is 58.4 Å². The van der Waals surface area contributed by atoms with Crippen LogP contribution < -0.4 is 21.9 Å². The molecule has 3 rings (SSSR count). The number of nitrogen functional groups attached to an aromatic ring is 1. The zero-order valence-corrected chi connectivity index (χ0v) is 15.9. The number of rotatable bonds is 5. The lowest BCUT2D eigenvalue weighted by Crippen LogP contribution is -2.37. The molecule has 7 heteroatoms. The molecule has 0 radical (unpaired) electrons. The predicted molar refractivity (Wildman–Crippen MR) is 108 cm³/mol. The van der Waals surface area contributed by atoms with Gasteiger partial charge in [-0.15, -0.1) is 0 Å². The van der Waals surface area contributed by atoms with E-state index in [4.69, 9.17) is 5.73 Å². The van der Waals surface area contributed by atoms with E-state index in [1.807, 2.05) is 54.6 Å². The molecule has 134 valence electrons. The molecular formula is C19H19BrN4O2. The van der Waals surface area contributed by atoms with Crippen LogP contribution in [-0.4, -0.2) is 16.6 Å². The van der Waals surface area contributed by atoms with Crippen molar-refractivity contribution in [1.82, 2.24) is 9.55 Å². The summed E-state index contributed by atoms with van der Waals surface area (Å²) in [5, 5.41) is 0. The topological polar surface area (TPSA) is 84.1 Å². The van der Waals surface area contributed by atoms with Gasteiger partial charge in [-0.05, 0) is 23.3 Å². The number of aromatic nitrogens is 2. The van der Waals surface area contributed by atoms with Crippen molar-refractivity contribution >= 4 is 27.4 Å². The third-order valence-electron chi connectivity index (χ3n) is 4.09. The van der Waals surface area contributed by atoms with Crippen molar-refractivity contribution in [2.45, 2.75) is 13.1 Å². The Morgan fingerprint density at radius 3 is 2.46 bits per heavy atom. The van der Waals surface area contributed by atoms with Crippen LogP contribution in [0.25, 0.3) is 0 Å². The first kappa shape index (κ1) is 18.0. The Bertz CT molecular complexity index is 1030. The summed E-state index contributed by atoms with van der Waals surface area (Å²) in [6.45, 7) is 0.774. The van der Waals surface area contributed by atoms with Gasteiger partial charge in [0.05, 0.1) is 6.54 Å². The standard InChI is InChI=1S/C19H19BrN4O2/c1-23(11-14-8-5-9-15(20)10-14)16-17(21)24(19(26)22-18(16)25)12-13-6-3-2-4-7-13/h2-10H,11-12,21H2,1H3,(H,22,25,26). The van der Waals surface area contributed by atoms with E-state index in [9.17, 15) is 9.59 Å². The van der Waals surface area contributed by atoms with E-state index < -0.39 is 11.2 Å². The maximum absolute atomic E-state index is 12.4. The van der Waals surface area contributed by atoms with E-state index in [-0.39, 0.29) is 11.5 Å². The van der Waals surface area contributed by atoms with Gasteiger partial charge in [-0.2, -0.15) is 0 Å². The Morgan fingerprint density at radius 1 is 1.08 bits per heavy atom. The molecule has 0 aliphatic heterocycles. The second-order valence-corrected chi connectivity index (χ2v) is 6.97. The third-order valence-corrected chi connectivity index (χ3v) is 4.58. The molecule has 6 nitrogen and oxygen atoms in total. The molecule has 0 saturated heterocycles. The lowest BCUT2D eigenvalue weighted by atomic mass is 10.2. The minimum atomic E-state index is -0.518. The molecule has 2 aromatic carbocycles. The lowest BCUT2D eigenvalue weighted by Gasteiger charge is -2.22. The van der Waals surface area contributed by atoms with Crippen LogP contribution in [0.15, 0.2) is 68.7 Å². The maximum Gasteiger partial charge on any atom is 0.330 e. The molecule has 0 unspecified atom stereocenters. The minimum absolute atomic E-state index is 0.153. The summed E-state index contributed by atoms with van der Waals surface area (Å²) in [6.07, 6.45) is 0. The molecule has 0 spiro atoms.